The van der Waals surface area contributed by atoms with Crippen LogP contribution < -0.4 is 0 Å². The normalized spacial score (nSPS) is 11.1. The number of aromatic nitrogens is 4. The number of benzene rings is 1. The minimum atomic E-state index is -1.07. The highest BCUT2D eigenvalue weighted by Gasteiger charge is 2.25. The molecule has 0 aliphatic heterocycles. The maximum Gasteiger partial charge on any atom is 0.256 e. The Morgan fingerprint density at radius 2 is 1.81 bits per heavy atom. The number of carbonyl (C=O) groups excluding carboxylic acids is 1. The van der Waals surface area contributed by atoms with Gasteiger partial charge in [0.2, 0.25) is 0 Å². The molecule has 168 valence electrons. The number of rotatable bonds is 8. The molecule has 0 radical (unpaired) electrons. The molecule has 31 heavy (non-hydrogen) atoms. The van der Waals surface area contributed by atoms with Gasteiger partial charge in [-0.15, -0.1) is 0 Å². The van der Waals surface area contributed by atoms with Gasteiger partial charge in [-0.1, -0.05) is 32.9 Å². The molecule has 8 heteroatoms. The fourth-order valence-corrected chi connectivity index (χ4v) is 3.28. The number of aliphatic hydroxyl groups is 1. The van der Waals surface area contributed by atoms with E-state index >= 15 is 0 Å². The first kappa shape index (κ1) is 24.3. The van der Waals surface area contributed by atoms with Crippen molar-refractivity contribution in [3.8, 4) is 5.69 Å². The first-order valence-electron chi connectivity index (χ1n) is 10.8. The number of hydrogen-bond acceptors (Lipinski definition) is 6. The molecule has 0 saturated heterocycles. The summed E-state index contributed by atoms with van der Waals surface area (Å²) in [4.78, 5) is 20.9. The molecule has 0 bridgehead atoms. The van der Waals surface area contributed by atoms with Gasteiger partial charge in [0, 0.05) is 19.5 Å². The quantitative estimate of drug-likeness (QED) is 0.585. The molecule has 0 saturated carbocycles. The molecule has 0 spiro atoms. The molecule has 3 rings (SSSR count). The lowest BCUT2D eigenvalue weighted by atomic mass is 10.0. The Kier molecular flexibility index (Phi) is 8.50. The Bertz CT molecular complexity index is 958. The second kappa shape index (κ2) is 10.9. The minimum Gasteiger partial charge on any atom is -0.446 e. The Hall–Kier alpha value is -3.00. The Labute approximate surface area is 183 Å². The fraction of sp³-hybridized carbons (Fsp3) is 0.478. The third-order valence-corrected chi connectivity index (χ3v) is 4.57. The van der Waals surface area contributed by atoms with Gasteiger partial charge in [-0.3, -0.25) is 4.79 Å². The van der Waals surface area contributed by atoms with Crippen LogP contribution in [0.1, 0.15) is 68.7 Å². The van der Waals surface area contributed by atoms with Crippen molar-refractivity contribution in [2.24, 2.45) is 0 Å². The zero-order valence-electron chi connectivity index (χ0n) is 19.3. The summed E-state index contributed by atoms with van der Waals surface area (Å²) in [5.74, 6) is 1.01. The number of nitrogens with zero attached hydrogens (tertiary/aromatic N) is 5. The summed E-state index contributed by atoms with van der Waals surface area (Å²) in [7, 11) is 0. The molecule has 3 aromatic rings. The molecule has 0 aliphatic carbocycles. The van der Waals surface area contributed by atoms with Crippen molar-refractivity contribution in [1.82, 2.24) is 24.9 Å². The number of para-hydroxylation sites is 1. The van der Waals surface area contributed by atoms with Crippen molar-refractivity contribution in [2.75, 3.05) is 13.1 Å². The van der Waals surface area contributed by atoms with E-state index in [2.05, 4.69) is 15.2 Å². The third-order valence-electron chi connectivity index (χ3n) is 4.57. The van der Waals surface area contributed by atoms with Gasteiger partial charge < -0.3 is 14.4 Å². The van der Waals surface area contributed by atoms with Crippen LogP contribution in [0.2, 0.25) is 0 Å². The third kappa shape index (κ3) is 6.01. The van der Waals surface area contributed by atoms with Crippen LogP contribution in [0.25, 0.3) is 5.69 Å². The maximum absolute atomic E-state index is 13.3. The summed E-state index contributed by atoms with van der Waals surface area (Å²) in [5.41, 5.74) is 0.634. The van der Waals surface area contributed by atoms with Gasteiger partial charge in [0.05, 0.1) is 23.6 Å². The Balaban J connectivity index is 0.00000166. The first-order chi connectivity index (χ1) is 14.8. The summed E-state index contributed by atoms with van der Waals surface area (Å²) < 4.78 is 5.70. The summed E-state index contributed by atoms with van der Waals surface area (Å²) in [6.45, 7) is 12.2. The van der Waals surface area contributed by atoms with Crippen LogP contribution >= 0.6 is 0 Å². The zero-order chi connectivity index (χ0) is 23.0. The molecule has 2 heterocycles. The van der Waals surface area contributed by atoms with Crippen LogP contribution in [0.4, 0.5) is 0 Å². The average Bonchev–Trinajstić information content (AvgIpc) is 3.41. The first-order valence-corrected chi connectivity index (χ1v) is 10.8. The molecule has 0 unspecified atom stereocenters. The highest BCUT2D eigenvalue weighted by molar-refractivity contribution is 5.97. The van der Waals surface area contributed by atoms with Crippen molar-refractivity contribution in [1.29, 1.82) is 0 Å². The van der Waals surface area contributed by atoms with Crippen molar-refractivity contribution in [3.63, 3.8) is 0 Å². The fourth-order valence-electron chi connectivity index (χ4n) is 3.28. The van der Waals surface area contributed by atoms with E-state index in [1.807, 2.05) is 39.0 Å². The van der Waals surface area contributed by atoms with E-state index in [-0.39, 0.29) is 5.91 Å². The minimum absolute atomic E-state index is 0.0919. The largest absolute Gasteiger partial charge is 0.446 e. The van der Waals surface area contributed by atoms with Crippen LogP contribution in [0, 0.1) is 6.92 Å². The monoisotopic (exact) mass is 427 g/mol. The standard InChI is InChI=1S/C21H27N5O3.C2H6/c1-5-13-25(14-10-18-24-19(15(2)29-18)21(3,4)28)20(27)16-8-6-7-9-17(16)26-22-11-12-23-26;1-2/h6-9,11-12,28H,5,10,13-14H2,1-4H3;1-2H3. The summed E-state index contributed by atoms with van der Waals surface area (Å²) in [6, 6.07) is 7.29. The van der Waals surface area contributed by atoms with E-state index in [1.54, 1.807) is 44.1 Å². The van der Waals surface area contributed by atoms with Crippen LogP contribution in [-0.2, 0) is 12.0 Å². The Morgan fingerprint density at radius 3 is 2.39 bits per heavy atom. The van der Waals surface area contributed by atoms with Crippen molar-refractivity contribution >= 4 is 5.91 Å². The van der Waals surface area contributed by atoms with Gasteiger partial charge in [-0.2, -0.15) is 15.0 Å². The summed E-state index contributed by atoms with van der Waals surface area (Å²) in [6.07, 6.45) is 4.45. The van der Waals surface area contributed by atoms with Crippen molar-refractivity contribution in [2.45, 2.75) is 60.0 Å². The smallest absolute Gasteiger partial charge is 0.256 e. The van der Waals surface area contributed by atoms with Crippen LogP contribution in [0.3, 0.4) is 0 Å². The van der Waals surface area contributed by atoms with E-state index in [0.717, 1.165) is 6.42 Å². The zero-order valence-corrected chi connectivity index (χ0v) is 19.3. The van der Waals surface area contributed by atoms with Crippen molar-refractivity contribution < 1.29 is 14.3 Å². The number of amides is 1. The lowest BCUT2D eigenvalue weighted by Gasteiger charge is -2.22. The van der Waals surface area contributed by atoms with Crippen LogP contribution in [0.5, 0.6) is 0 Å². The Morgan fingerprint density at radius 1 is 1.16 bits per heavy atom. The summed E-state index contributed by atoms with van der Waals surface area (Å²) in [5, 5.41) is 18.5. The SMILES string of the molecule is CC.CCCN(CCc1nc(C(C)(C)O)c(C)o1)C(=O)c1ccccc1-n1nccn1. The summed E-state index contributed by atoms with van der Waals surface area (Å²) >= 11 is 0. The van der Waals surface area contributed by atoms with E-state index in [1.165, 1.54) is 4.80 Å². The van der Waals surface area contributed by atoms with Gasteiger partial charge in [0.1, 0.15) is 17.1 Å². The molecule has 0 aliphatic rings. The lowest BCUT2D eigenvalue weighted by Crippen LogP contribution is -2.34. The highest BCUT2D eigenvalue weighted by atomic mass is 16.4. The van der Waals surface area contributed by atoms with Gasteiger partial charge in [0.15, 0.2) is 5.89 Å². The molecule has 0 fully saturated rings. The van der Waals surface area contributed by atoms with Crippen LogP contribution in [0.15, 0.2) is 41.1 Å². The van der Waals surface area contributed by atoms with Gasteiger partial charge in [0.25, 0.3) is 5.91 Å². The molecular weight excluding hydrogens is 394 g/mol. The van der Waals surface area contributed by atoms with Gasteiger partial charge >= 0.3 is 0 Å². The number of carbonyl (C=O) groups is 1. The van der Waals surface area contributed by atoms with Crippen molar-refractivity contribution in [3.05, 3.63) is 59.6 Å². The lowest BCUT2D eigenvalue weighted by molar-refractivity contribution is 0.0724. The van der Waals surface area contributed by atoms with E-state index in [0.29, 0.717) is 48.1 Å². The number of aryl methyl sites for hydroxylation is 1. The predicted octanol–water partition coefficient (Wildman–Crippen LogP) is 3.91. The number of hydrogen-bond donors (Lipinski definition) is 1. The van der Waals surface area contributed by atoms with E-state index in [4.69, 9.17) is 4.42 Å². The van der Waals surface area contributed by atoms with Gasteiger partial charge in [-0.25, -0.2) is 4.98 Å². The highest BCUT2D eigenvalue weighted by Crippen LogP contribution is 2.23. The van der Waals surface area contributed by atoms with Crippen LogP contribution in [-0.4, -0.2) is 49.0 Å². The second-order valence-corrected chi connectivity index (χ2v) is 7.45. The number of oxazole rings is 1. The predicted molar refractivity (Wildman–Crippen MR) is 119 cm³/mol. The average molecular weight is 428 g/mol. The molecule has 2 aromatic heterocycles. The maximum atomic E-state index is 13.3. The molecular formula is C23H33N5O3. The topological polar surface area (TPSA) is 97.3 Å². The molecule has 8 nitrogen and oxygen atoms in total. The molecule has 1 N–H and O–H groups in total. The molecule has 0 atom stereocenters. The van der Waals surface area contributed by atoms with E-state index in [9.17, 15) is 9.90 Å². The molecule has 1 amide bonds. The second-order valence-electron chi connectivity index (χ2n) is 7.45. The van der Waals surface area contributed by atoms with E-state index < -0.39 is 5.60 Å². The molecule has 1 aromatic carbocycles. The van der Waals surface area contributed by atoms with Gasteiger partial charge in [-0.05, 0) is 39.3 Å².